The number of carbonyl (C=O) groups excluding carboxylic acids is 1. The van der Waals surface area contributed by atoms with Gasteiger partial charge in [0.25, 0.3) is 5.91 Å². The number of halogens is 1. The van der Waals surface area contributed by atoms with Crippen LogP contribution in [0.4, 0.5) is 9.39 Å². The van der Waals surface area contributed by atoms with E-state index >= 15 is 0 Å². The molecule has 6 N–H and O–H groups in total. The highest BCUT2D eigenvalue weighted by Gasteiger charge is 2.28. The first kappa shape index (κ1) is 22.7. The van der Waals surface area contributed by atoms with Gasteiger partial charge in [-0.3, -0.25) is 9.79 Å². The second-order valence-electron chi connectivity index (χ2n) is 7.63. The number of hydrogen-bond acceptors (Lipinski definition) is 7. The Bertz CT molecular complexity index is 1020. The van der Waals surface area contributed by atoms with Gasteiger partial charge in [0.2, 0.25) is 0 Å². The van der Waals surface area contributed by atoms with Crippen LogP contribution in [0.1, 0.15) is 36.7 Å². The molecule has 1 saturated heterocycles. The number of nitrogens with two attached hydrogens (primary N) is 2. The minimum atomic E-state index is -0.735. The molecule has 1 aromatic carbocycles. The Morgan fingerprint density at radius 1 is 1.39 bits per heavy atom. The molecule has 1 fully saturated rings. The van der Waals surface area contributed by atoms with Crippen LogP contribution >= 0.6 is 11.3 Å². The first-order chi connectivity index (χ1) is 14.8. The van der Waals surface area contributed by atoms with Crippen LogP contribution < -0.4 is 16.8 Å². The van der Waals surface area contributed by atoms with Gasteiger partial charge in [0.15, 0.2) is 5.69 Å². The van der Waals surface area contributed by atoms with Crippen molar-refractivity contribution in [3.8, 4) is 10.6 Å². The first-order valence-corrected chi connectivity index (χ1v) is 10.8. The number of amidine groups is 1. The Labute approximate surface area is 184 Å². The van der Waals surface area contributed by atoms with E-state index in [0.29, 0.717) is 42.5 Å². The average molecular weight is 447 g/mol. The second kappa shape index (κ2) is 9.44. The van der Waals surface area contributed by atoms with E-state index in [4.69, 9.17) is 11.5 Å². The van der Waals surface area contributed by atoms with Crippen LogP contribution in [0.3, 0.4) is 0 Å². The number of benzene rings is 1. The number of aliphatic imine (C=N–C) groups is 1. The lowest BCUT2D eigenvalue weighted by Crippen LogP contribution is -2.40. The molecule has 0 aliphatic carbocycles. The lowest BCUT2D eigenvalue weighted by Gasteiger charge is -2.26. The fraction of sp³-hybridized carbons (Fsp3) is 0.381. The number of carbonyl (C=O) groups is 1. The van der Waals surface area contributed by atoms with Gasteiger partial charge in [0.05, 0.1) is 11.3 Å². The number of anilines is 1. The van der Waals surface area contributed by atoms with E-state index in [1.165, 1.54) is 12.3 Å². The van der Waals surface area contributed by atoms with Crippen molar-refractivity contribution in [1.29, 1.82) is 0 Å². The molecular weight excluding hydrogens is 419 g/mol. The number of aromatic nitrogens is 1. The number of nitrogens with one attached hydrogen (secondary N) is 1. The van der Waals surface area contributed by atoms with Gasteiger partial charge in [0, 0.05) is 31.9 Å². The van der Waals surface area contributed by atoms with Gasteiger partial charge in [0.1, 0.15) is 21.7 Å². The largest absolute Gasteiger partial charge is 0.403 e. The zero-order valence-electron chi connectivity index (χ0n) is 17.6. The summed E-state index contributed by atoms with van der Waals surface area (Å²) in [5.74, 6) is -0.490. The van der Waals surface area contributed by atoms with Crippen LogP contribution in [0, 0.1) is 5.82 Å². The third kappa shape index (κ3) is 5.20. The van der Waals surface area contributed by atoms with Crippen molar-refractivity contribution in [2.75, 3.05) is 25.9 Å². The maximum Gasteiger partial charge on any atom is 0.277 e. The van der Waals surface area contributed by atoms with Gasteiger partial charge < -0.3 is 26.8 Å². The molecule has 2 heterocycles. The predicted octanol–water partition coefficient (Wildman–Crippen LogP) is 2.33. The summed E-state index contributed by atoms with van der Waals surface area (Å²) in [5.41, 5.74) is 11.7. The van der Waals surface area contributed by atoms with Crippen LogP contribution in [0.15, 0.2) is 41.2 Å². The molecule has 31 heavy (non-hydrogen) atoms. The zero-order valence-corrected chi connectivity index (χ0v) is 18.4. The first-order valence-electron chi connectivity index (χ1n) is 9.94. The molecule has 3 rings (SSSR count). The van der Waals surface area contributed by atoms with E-state index in [-0.39, 0.29) is 16.3 Å². The number of nitrogens with zero attached hydrogens (tertiary/aromatic N) is 3. The Kier molecular flexibility index (Phi) is 6.91. The van der Waals surface area contributed by atoms with Gasteiger partial charge in [-0.1, -0.05) is 23.5 Å². The third-order valence-corrected chi connectivity index (χ3v) is 6.12. The van der Waals surface area contributed by atoms with Crippen molar-refractivity contribution >= 4 is 28.1 Å². The molecule has 8 nitrogen and oxygen atoms in total. The van der Waals surface area contributed by atoms with E-state index in [0.717, 1.165) is 17.8 Å². The summed E-state index contributed by atoms with van der Waals surface area (Å²) in [6, 6.07) is 6.17. The average Bonchev–Trinajstić information content (AvgIpc) is 3.03. The van der Waals surface area contributed by atoms with Crippen LogP contribution in [-0.4, -0.2) is 52.5 Å². The normalized spacial score (nSPS) is 20.5. The lowest BCUT2D eigenvalue weighted by atomic mass is 9.98. The third-order valence-electron chi connectivity index (χ3n) is 5.20. The summed E-state index contributed by atoms with van der Waals surface area (Å²) >= 11 is 1.04. The van der Waals surface area contributed by atoms with Crippen molar-refractivity contribution in [3.63, 3.8) is 0 Å². The van der Waals surface area contributed by atoms with E-state index < -0.39 is 17.3 Å². The Balaban J connectivity index is 1.79. The minimum absolute atomic E-state index is 0.00291. The molecule has 1 aliphatic heterocycles. The molecular formula is C21H27FN6O2S. The molecule has 1 amide bonds. The van der Waals surface area contributed by atoms with Crippen molar-refractivity contribution in [3.05, 3.63) is 47.7 Å². The number of amides is 1. The molecule has 10 heteroatoms. The number of nitrogen functional groups attached to an aromatic ring is 1. The maximum absolute atomic E-state index is 14.1. The summed E-state index contributed by atoms with van der Waals surface area (Å²) in [6.07, 6.45) is 3.30. The molecule has 1 aromatic heterocycles. The summed E-state index contributed by atoms with van der Waals surface area (Å²) in [5, 5.41) is 13.6. The number of rotatable bonds is 4. The van der Waals surface area contributed by atoms with Crippen LogP contribution in [-0.2, 0) is 0 Å². The highest BCUT2D eigenvalue weighted by Crippen LogP contribution is 2.31. The molecule has 0 saturated carbocycles. The van der Waals surface area contributed by atoms with Gasteiger partial charge in [-0.05, 0) is 38.3 Å². The molecule has 2 aromatic rings. The van der Waals surface area contributed by atoms with E-state index in [1.807, 2.05) is 11.8 Å². The number of thiazole rings is 1. The molecule has 0 bridgehead atoms. The van der Waals surface area contributed by atoms with Crippen molar-refractivity contribution < 1.29 is 14.3 Å². The summed E-state index contributed by atoms with van der Waals surface area (Å²) in [4.78, 5) is 23.4. The monoisotopic (exact) mass is 446 g/mol. The SMILES string of the molecule is CN=C(/C(=C\N)NC(=O)c1nc(-c2ccccc2F)sc1N)N1CCC[C@@](C)(O)CC1. The van der Waals surface area contributed by atoms with Crippen molar-refractivity contribution in [2.24, 2.45) is 10.7 Å². The zero-order chi connectivity index (χ0) is 22.6. The van der Waals surface area contributed by atoms with Crippen molar-refractivity contribution in [1.82, 2.24) is 15.2 Å². The van der Waals surface area contributed by atoms with Crippen LogP contribution in [0.5, 0.6) is 0 Å². The topological polar surface area (TPSA) is 130 Å². The molecule has 0 unspecified atom stereocenters. The number of hydrogen-bond donors (Lipinski definition) is 4. The van der Waals surface area contributed by atoms with E-state index in [2.05, 4.69) is 15.3 Å². The maximum atomic E-state index is 14.1. The fourth-order valence-electron chi connectivity index (χ4n) is 3.51. The molecule has 0 radical (unpaired) electrons. The fourth-order valence-corrected chi connectivity index (χ4v) is 4.36. The van der Waals surface area contributed by atoms with Gasteiger partial charge in [-0.25, -0.2) is 9.37 Å². The standard InChI is InChI=1S/C21H27FN6O2S/c1-21(30)8-5-10-28(11-9-21)18(25-2)15(12-23)26-19(29)16-17(24)31-20(27-16)13-6-3-4-7-14(13)22/h3-4,6-7,12,30H,5,8-11,23-24H2,1-2H3,(H,26,29)/b15-12+,25-18?/t21-/m1/s1. The Morgan fingerprint density at radius 2 is 2.13 bits per heavy atom. The number of aliphatic hydroxyl groups is 1. The highest BCUT2D eigenvalue weighted by molar-refractivity contribution is 7.19. The van der Waals surface area contributed by atoms with E-state index in [9.17, 15) is 14.3 Å². The smallest absolute Gasteiger partial charge is 0.277 e. The van der Waals surface area contributed by atoms with Gasteiger partial charge in [-0.2, -0.15) is 0 Å². The van der Waals surface area contributed by atoms with Crippen LogP contribution in [0.2, 0.25) is 0 Å². The predicted molar refractivity (Wildman–Crippen MR) is 121 cm³/mol. The van der Waals surface area contributed by atoms with Crippen molar-refractivity contribution in [2.45, 2.75) is 31.8 Å². The van der Waals surface area contributed by atoms with Crippen LogP contribution in [0.25, 0.3) is 10.6 Å². The molecule has 1 aliphatic rings. The molecule has 166 valence electrons. The Morgan fingerprint density at radius 3 is 2.81 bits per heavy atom. The highest BCUT2D eigenvalue weighted by atomic mass is 32.1. The summed E-state index contributed by atoms with van der Waals surface area (Å²) in [7, 11) is 1.61. The number of likely N-dealkylation sites (tertiary alicyclic amines) is 1. The molecule has 1 atom stereocenters. The summed E-state index contributed by atoms with van der Waals surface area (Å²) < 4.78 is 14.1. The summed E-state index contributed by atoms with van der Waals surface area (Å²) in [6.45, 7) is 3.06. The second-order valence-corrected chi connectivity index (χ2v) is 8.66. The van der Waals surface area contributed by atoms with E-state index in [1.54, 1.807) is 25.2 Å². The minimum Gasteiger partial charge on any atom is -0.403 e. The Hall–Kier alpha value is -2.98. The quantitative estimate of drug-likeness (QED) is 0.421. The van der Waals surface area contributed by atoms with Gasteiger partial charge in [-0.15, -0.1) is 0 Å². The molecule has 0 spiro atoms. The van der Waals surface area contributed by atoms with Gasteiger partial charge >= 0.3 is 0 Å². The lowest BCUT2D eigenvalue weighted by molar-refractivity contribution is 0.0462.